The standard InChI is InChI=1S/C26H27ClF3N7O2/c27-20-10-16(2-3-23(20)39-26(28,29)30)14-32-8-5-25(38)35-7-1-6-33-21-11-18(12-22-19(21)15-36-37-22)17-4-9-34-24(31)13-17/h2-4,9-13,15,32-33H,1,5-8,14H2,(H2,31,34)(H,35,38)(H,36,37). The minimum Gasteiger partial charge on any atom is -0.404 e. The molecule has 4 rings (SSSR count). The quantitative estimate of drug-likeness (QED) is 0.156. The summed E-state index contributed by atoms with van der Waals surface area (Å²) in [6, 6.07) is 11.8. The molecule has 0 unspecified atom stereocenters. The van der Waals surface area contributed by atoms with Crippen LogP contribution in [0, 0.1) is 0 Å². The van der Waals surface area contributed by atoms with Crippen molar-refractivity contribution in [1.82, 2.24) is 25.8 Å². The first-order valence-corrected chi connectivity index (χ1v) is 12.5. The molecule has 13 heteroatoms. The number of carbonyl (C=O) groups excluding carboxylic acids is 1. The molecule has 0 radical (unpaired) electrons. The monoisotopic (exact) mass is 561 g/mol. The lowest BCUT2D eigenvalue weighted by Crippen LogP contribution is -2.29. The molecule has 0 saturated heterocycles. The van der Waals surface area contributed by atoms with Gasteiger partial charge in [0, 0.05) is 49.9 Å². The molecule has 39 heavy (non-hydrogen) atoms. The van der Waals surface area contributed by atoms with Crippen LogP contribution in [-0.2, 0) is 11.3 Å². The molecule has 206 valence electrons. The largest absolute Gasteiger partial charge is 0.573 e. The number of rotatable bonds is 12. The average molecular weight is 562 g/mol. The predicted octanol–water partition coefficient (Wildman–Crippen LogP) is 4.86. The van der Waals surface area contributed by atoms with Crippen LogP contribution in [-0.4, -0.2) is 47.1 Å². The highest BCUT2D eigenvalue weighted by Crippen LogP contribution is 2.31. The van der Waals surface area contributed by atoms with E-state index in [-0.39, 0.29) is 17.4 Å². The number of nitrogens with zero attached hydrogens (tertiary/aromatic N) is 2. The highest BCUT2D eigenvalue weighted by atomic mass is 35.5. The number of pyridine rings is 1. The fourth-order valence-corrected chi connectivity index (χ4v) is 4.16. The van der Waals surface area contributed by atoms with Gasteiger partial charge in [0.25, 0.3) is 0 Å². The number of benzene rings is 2. The molecule has 2 aromatic heterocycles. The zero-order valence-corrected chi connectivity index (χ0v) is 21.5. The van der Waals surface area contributed by atoms with E-state index in [1.54, 1.807) is 12.4 Å². The van der Waals surface area contributed by atoms with Crippen LogP contribution in [0.15, 0.2) is 54.9 Å². The van der Waals surface area contributed by atoms with Gasteiger partial charge in [0.2, 0.25) is 5.91 Å². The number of fused-ring (bicyclic) bond motifs is 1. The highest BCUT2D eigenvalue weighted by molar-refractivity contribution is 6.32. The number of nitrogens with two attached hydrogens (primary N) is 1. The number of halogens is 4. The maximum atomic E-state index is 12.3. The molecule has 0 saturated carbocycles. The van der Waals surface area contributed by atoms with Crippen LogP contribution in [0.2, 0.25) is 5.02 Å². The van der Waals surface area contributed by atoms with E-state index in [4.69, 9.17) is 17.3 Å². The Balaban J connectivity index is 1.17. The van der Waals surface area contributed by atoms with Gasteiger partial charge in [-0.1, -0.05) is 17.7 Å². The van der Waals surface area contributed by atoms with Gasteiger partial charge in [0.15, 0.2) is 0 Å². The second-order valence-electron chi connectivity index (χ2n) is 8.69. The van der Waals surface area contributed by atoms with Crippen molar-refractivity contribution in [2.45, 2.75) is 25.7 Å². The first-order valence-electron chi connectivity index (χ1n) is 12.1. The summed E-state index contributed by atoms with van der Waals surface area (Å²) in [5, 5.41) is 17.3. The number of carbonyl (C=O) groups is 1. The molecule has 0 atom stereocenters. The van der Waals surface area contributed by atoms with E-state index in [1.807, 2.05) is 24.3 Å². The minimum atomic E-state index is -4.81. The van der Waals surface area contributed by atoms with E-state index in [0.29, 0.717) is 44.0 Å². The number of ether oxygens (including phenoxy) is 1. The third-order valence-electron chi connectivity index (χ3n) is 5.74. The number of amides is 1. The van der Waals surface area contributed by atoms with E-state index < -0.39 is 12.1 Å². The number of aromatic amines is 1. The Hall–Kier alpha value is -4.03. The first kappa shape index (κ1) is 28.0. The number of hydrogen-bond donors (Lipinski definition) is 5. The number of anilines is 2. The van der Waals surface area contributed by atoms with Crippen LogP contribution in [0.4, 0.5) is 24.7 Å². The van der Waals surface area contributed by atoms with Crippen LogP contribution in [0.5, 0.6) is 5.75 Å². The van der Waals surface area contributed by atoms with Crippen molar-refractivity contribution < 1.29 is 22.7 Å². The van der Waals surface area contributed by atoms with Crippen molar-refractivity contribution in [3.63, 3.8) is 0 Å². The fourth-order valence-electron chi connectivity index (χ4n) is 3.92. The average Bonchev–Trinajstić information content (AvgIpc) is 3.36. The molecule has 0 spiro atoms. The van der Waals surface area contributed by atoms with Crippen LogP contribution in [0.3, 0.4) is 0 Å². The Morgan fingerprint density at radius 1 is 1.08 bits per heavy atom. The maximum absolute atomic E-state index is 12.3. The summed E-state index contributed by atoms with van der Waals surface area (Å²) in [6.07, 6.45) is -0.425. The molecule has 2 aromatic carbocycles. The second kappa shape index (κ2) is 12.7. The van der Waals surface area contributed by atoms with Gasteiger partial charge in [-0.3, -0.25) is 9.89 Å². The summed E-state index contributed by atoms with van der Waals surface area (Å²) in [6.45, 7) is 1.87. The van der Waals surface area contributed by atoms with Crippen LogP contribution in [0.25, 0.3) is 22.0 Å². The number of alkyl halides is 3. The van der Waals surface area contributed by atoms with Crippen LogP contribution >= 0.6 is 11.6 Å². The summed E-state index contributed by atoms with van der Waals surface area (Å²) in [7, 11) is 0. The van der Waals surface area contributed by atoms with Crippen molar-refractivity contribution >= 4 is 39.9 Å². The first-order chi connectivity index (χ1) is 18.7. The van der Waals surface area contributed by atoms with Gasteiger partial charge in [0.05, 0.1) is 16.7 Å². The molecule has 0 fully saturated rings. The van der Waals surface area contributed by atoms with Gasteiger partial charge in [-0.05, 0) is 59.5 Å². The van der Waals surface area contributed by atoms with Crippen molar-refractivity contribution in [2.75, 3.05) is 30.7 Å². The van der Waals surface area contributed by atoms with Crippen molar-refractivity contribution in [3.05, 3.63) is 65.4 Å². The number of nitrogens with one attached hydrogen (secondary N) is 4. The second-order valence-corrected chi connectivity index (χ2v) is 9.10. The Bertz CT molecular complexity index is 1430. The molecule has 1 amide bonds. The van der Waals surface area contributed by atoms with Gasteiger partial charge < -0.3 is 26.4 Å². The molecule has 6 N–H and O–H groups in total. The lowest BCUT2D eigenvalue weighted by atomic mass is 10.0. The zero-order valence-electron chi connectivity index (χ0n) is 20.7. The van der Waals surface area contributed by atoms with E-state index in [0.717, 1.165) is 33.8 Å². The molecule has 0 aliphatic carbocycles. The summed E-state index contributed by atoms with van der Waals surface area (Å²) >= 11 is 5.85. The van der Waals surface area contributed by atoms with Gasteiger partial charge in [0.1, 0.15) is 11.6 Å². The van der Waals surface area contributed by atoms with Gasteiger partial charge in [-0.15, -0.1) is 13.2 Å². The summed E-state index contributed by atoms with van der Waals surface area (Å²) in [5.41, 5.74) is 10.2. The summed E-state index contributed by atoms with van der Waals surface area (Å²) < 4.78 is 40.9. The number of nitrogen functional groups attached to an aromatic ring is 1. The zero-order chi connectivity index (χ0) is 27.8. The van der Waals surface area contributed by atoms with Gasteiger partial charge >= 0.3 is 6.36 Å². The summed E-state index contributed by atoms with van der Waals surface area (Å²) in [5.74, 6) is -0.123. The maximum Gasteiger partial charge on any atom is 0.573 e. The Kier molecular flexibility index (Phi) is 9.10. The van der Waals surface area contributed by atoms with Gasteiger partial charge in [-0.2, -0.15) is 5.10 Å². The normalized spacial score (nSPS) is 11.5. The molecule has 0 aliphatic rings. The third kappa shape index (κ3) is 8.23. The third-order valence-corrected chi connectivity index (χ3v) is 6.04. The molecular weight excluding hydrogens is 535 g/mol. The Morgan fingerprint density at radius 2 is 1.92 bits per heavy atom. The highest BCUT2D eigenvalue weighted by Gasteiger charge is 2.32. The predicted molar refractivity (Wildman–Crippen MR) is 144 cm³/mol. The lowest BCUT2D eigenvalue weighted by molar-refractivity contribution is -0.274. The van der Waals surface area contributed by atoms with E-state index in [9.17, 15) is 18.0 Å². The summed E-state index contributed by atoms with van der Waals surface area (Å²) in [4.78, 5) is 16.2. The molecular formula is C26H27ClF3N7O2. The van der Waals surface area contributed by atoms with E-state index in [2.05, 4.69) is 35.9 Å². The molecule has 0 bridgehead atoms. The van der Waals surface area contributed by atoms with Crippen molar-refractivity contribution in [1.29, 1.82) is 0 Å². The number of H-pyrrole nitrogens is 1. The van der Waals surface area contributed by atoms with E-state index >= 15 is 0 Å². The lowest BCUT2D eigenvalue weighted by Gasteiger charge is -2.12. The number of hydrogen-bond acceptors (Lipinski definition) is 7. The smallest absolute Gasteiger partial charge is 0.404 e. The SMILES string of the molecule is Nc1cc(-c2cc(NCCCNC(=O)CCNCc3ccc(OC(F)(F)F)c(Cl)c3)c3cn[nH]c3c2)ccn1. The number of aromatic nitrogens is 3. The fraction of sp³-hybridized carbons (Fsp3) is 0.269. The van der Waals surface area contributed by atoms with Crippen LogP contribution < -0.4 is 26.4 Å². The Labute approximate surface area is 227 Å². The van der Waals surface area contributed by atoms with Crippen molar-refractivity contribution in [3.8, 4) is 16.9 Å². The van der Waals surface area contributed by atoms with Crippen molar-refractivity contribution in [2.24, 2.45) is 0 Å². The molecule has 9 nitrogen and oxygen atoms in total. The van der Waals surface area contributed by atoms with Gasteiger partial charge in [-0.25, -0.2) is 4.98 Å². The van der Waals surface area contributed by atoms with E-state index in [1.165, 1.54) is 12.1 Å². The molecule has 4 aromatic rings. The van der Waals surface area contributed by atoms with Crippen LogP contribution in [0.1, 0.15) is 18.4 Å². The molecule has 0 aliphatic heterocycles. The topological polar surface area (TPSA) is 130 Å². The molecule has 2 heterocycles. The Morgan fingerprint density at radius 3 is 2.69 bits per heavy atom. The minimum absolute atomic E-state index is 0.107.